The topological polar surface area (TPSA) is 170 Å². The summed E-state index contributed by atoms with van der Waals surface area (Å²) in [5.41, 5.74) is 4.37. The van der Waals surface area contributed by atoms with E-state index in [1.54, 1.807) is 14.1 Å². The third kappa shape index (κ3) is 4.44. The molecule has 5 rings (SSSR count). The predicted octanol–water partition coefficient (Wildman–Crippen LogP) is 0.925. The molecule has 4 aliphatic rings. The number of nitrogens with one attached hydrogen (secondary N) is 1. The second-order valence-corrected chi connectivity index (χ2v) is 12.7. The van der Waals surface area contributed by atoms with Crippen molar-refractivity contribution in [3.63, 3.8) is 0 Å². The number of amides is 1. The molecule has 3 saturated carbocycles. The number of carbonyl (C=O) groups is 5. The third-order valence-electron chi connectivity index (χ3n) is 9.83. The fourth-order valence-corrected chi connectivity index (χ4v) is 7.83. The summed E-state index contributed by atoms with van der Waals surface area (Å²) in [7, 11) is 6.81. The number of ketones is 4. The number of aromatic hydroxyl groups is 1. The molecular formula is C30H40N4O7. The number of carbonyl (C=O) groups excluding carboxylic acids is 5. The highest BCUT2D eigenvalue weighted by molar-refractivity contribution is 6.32. The summed E-state index contributed by atoms with van der Waals surface area (Å²) in [6.07, 6.45) is 5.98. The van der Waals surface area contributed by atoms with Crippen LogP contribution in [-0.4, -0.2) is 90.5 Å². The van der Waals surface area contributed by atoms with Gasteiger partial charge in [-0.2, -0.15) is 0 Å². The van der Waals surface area contributed by atoms with E-state index in [1.807, 2.05) is 25.1 Å². The van der Waals surface area contributed by atoms with Crippen LogP contribution in [0.15, 0.2) is 6.07 Å². The molecule has 1 aromatic carbocycles. The fourth-order valence-electron chi connectivity index (χ4n) is 7.83. The number of benzene rings is 1. The molecule has 11 heteroatoms. The third-order valence-corrected chi connectivity index (χ3v) is 9.83. The summed E-state index contributed by atoms with van der Waals surface area (Å²) in [5, 5.41) is 26.5. The lowest BCUT2D eigenvalue weighted by Crippen LogP contribution is -2.74. The lowest BCUT2D eigenvalue weighted by atomic mass is 9.52. The van der Waals surface area contributed by atoms with Crippen LogP contribution in [0, 0.1) is 29.6 Å². The summed E-state index contributed by atoms with van der Waals surface area (Å²) in [6.45, 7) is 0.642. The number of Topliss-reactive ketones (excluding diaryl/α,β-unsaturated/α-hetero) is 4. The summed E-state index contributed by atoms with van der Waals surface area (Å²) in [4.78, 5) is 70.4. The highest BCUT2D eigenvalue weighted by atomic mass is 16.3. The Balaban J connectivity index is 1.57. The molecule has 0 aliphatic heterocycles. The van der Waals surface area contributed by atoms with E-state index in [1.165, 1.54) is 11.3 Å². The summed E-state index contributed by atoms with van der Waals surface area (Å²) in [6, 6.07) is 0.698. The van der Waals surface area contributed by atoms with Crippen LogP contribution in [0.1, 0.15) is 54.4 Å². The fraction of sp³-hybridized carbons (Fsp3) is 0.633. The number of hydrogen-bond donors (Lipinski definition) is 4. The number of nitrogens with zero attached hydrogens (tertiary/aromatic N) is 2. The van der Waals surface area contributed by atoms with Gasteiger partial charge in [-0.25, -0.2) is 0 Å². The second-order valence-electron chi connectivity index (χ2n) is 12.7. The molecule has 0 radical (unpaired) electrons. The summed E-state index contributed by atoms with van der Waals surface area (Å²) in [5.74, 6) is -9.91. The van der Waals surface area contributed by atoms with Gasteiger partial charge >= 0.3 is 0 Å². The van der Waals surface area contributed by atoms with Gasteiger partial charge in [-0.1, -0.05) is 19.3 Å². The van der Waals surface area contributed by atoms with Gasteiger partial charge < -0.3 is 26.2 Å². The SMILES string of the molecule is CN(C)c1cc(NCC2CCCCC2)c(O)c2c1C[C@H]1C[C@H]3[C@H](N(C)C)C(=O)C(C(N)=O)C(=O)[C@@]3(O)C(=O)C1C2=O. The number of anilines is 2. The maximum Gasteiger partial charge on any atom is 0.235 e. The smallest absolute Gasteiger partial charge is 0.235 e. The highest BCUT2D eigenvalue weighted by Gasteiger charge is 2.69. The van der Waals surface area contributed by atoms with Crippen LogP contribution in [0.3, 0.4) is 0 Å². The van der Waals surface area contributed by atoms with Gasteiger partial charge in [-0.15, -0.1) is 0 Å². The molecule has 1 aromatic rings. The van der Waals surface area contributed by atoms with E-state index in [0.29, 0.717) is 23.7 Å². The number of hydrogen-bond acceptors (Lipinski definition) is 10. The van der Waals surface area contributed by atoms with Crippen LogP contribution in [-0.2, 0) is 25.6 Å². The van der Waals surface area contributed by atoms with Crippen LogP contribution < -0.4 is 16.0 Å². The van der Waals surface area contributed by atoms with Gasteiger partial charge in [-0.05, 0) is 63.2 Å². The van der Waals surface area contributed by atoms with Gasteiger partial charge in [0, 0.05) is 32.2 Å². The number of aliphatic hydroxyl groups is 1. The molecule has 3 fully saturated rings. The molecule has 222 valence electrons. The van der Waals surface area contributed by atoms with Crippen molar-refractivity contribution in [2.24, 2.45) is 35.3 Å². The molecule has 0 spiro atoms. The monoisotopic (exact) mass is 568 g/mol. The molecule has 6 atom stereocenters. The lowest BCUT2D eigenvalue weighted by molar-refractivity contribution is -0.181. The van der Waals surface area contributed by atoms with Crippen molar-refractivity contribution in [2.75, 3.05) is 45.0 Å². The maximum absolute atomic E-state index is 14.1. The normalized spacial score (nSPS) is 31.9. The molecule has 5 N–H and O–H groups in total. The average Bonchev–Trinajstić information content (AvgIpc) is 2.90. The number of phenolic OH excluding ortho intramolecular Hbond substituents is 1. The first-order valence-corrected chi connectivity index (χ1v) is 14.4. The van der Waals surface area contributed by atoms with Gasteiger partial charge in [0.15, 0.2) is 34.7 Å². The first-order valence-electron chi connectivity index (χ1n) is 14.4. The van der Waals surface area contributed by atoms with Crippen molar-refractivity contribution in [2.45, 2.75) is 56.6 Å². The first-order chi connectivity index (χ1) is 19.3. The molecule has 1 amide bonds. The van der Waals surface area contributed by atoms with Crippen LogP contribution in [0.4, 0.5) is 11.4 Å². The van der Waals surface area contributed by atoms with Crippen molar-refractivity contribution >= 4 is 40.4 Å². The van der Waals surface area contributed by atoms with E-state index in [-0.39, 0.29) is 24.2 Å². The van der Waals surface area contributed by atoms with E-state index < -0.39 is 64.4 Å². The minimum absolute atomic E-state index is 0.00828. The maximum atomic E-state index is 14.1. The molecule has 0 bridgehead atoms. The number of phenols is 1. The molecule has 0 heterocycles. The van der Waals surface area contributed by atoms with Gasteiger partial charge in [-0.3, -0.25) is 28.9 Å². The zero-order chi connectivity index (χ0) is 30.0. The zero-order valence-electron chi connectivity index (χ0n) is 24.1. The van der Waals surface area contributed by atoms with Gasteiger partial charge in [0.25, 0.3) is 0 Å². The Hall–Kier alpha value is -3.31. The van der Waals surface area contributed by atoms with Crippen LogP contribution in [0.5, 0.6) is 5.75 Å². The first kappa shape index (κ1) is 29.2. The number of likely N-dealkylation sites (N-methyl/N-ethyl adjacent to an activating group) is 1. The van der Waals surface area contributed by atoms with Gasteiger partial charge in [0.05, 0.1) is 23.2 Å². The Labute approximate surface area is 239 Å². The van der Waals surface area contributed by atoms with E-state index in [2.05, 4.69) is 5.32 Å². The molecular weight excluding hydrogens is 528 g/mol. The summed E-state index contributed by atoms with van der Waals surface area (Å²) < 4.78 is 0. The Kier molecular flexibility index (Phi) is 7.48. The standard InChI is InChI=1S/C30H40N4O7/c1-33(2)19-12-18(32-13-14-8-6-5-7-9-14)24(35)21-16(19)10-15-11-17-23(34(3)4)26(37)22(29(31)40)28(39)30(17,41)27(38)20(15)25(21)36/h12,14-15,17,20,22-23,32,35,41H,5-11,13H2,1-4H3,(H2,31,40)/t15-,17-,20?,22?,23-,30-/m0/s1. The van der Waals surface area contributed by atoms with Crippen LogP contribution in [0.2, 0.25) is 0 Å². The lowest BCUT2D eigenvalue weighted by Gasteiger charge is -2.52. The Morgan fingerprint density at radius 2 is 1.73 bits per heavy atom. The number of primary amides is 1. The molecule has 4 aliphatic carbocycles. The van der Waals surface area contributed by atoms with Gasteiger partial charge in [0.1, 0.15) is 5.75 Å². The Bertz CT molecular complexity index is 1320. The zero-order valence-corrected chi connectivity index (χ0v) is 24.1. The van der Waals surface area contributed by atoms with Gasteiger partial charge in [0.2, 0.25) is 5.91 Å². The minimum atomic E-state index is -2.73. The summed E-state index contributed by atoms with van der Waals surface area (Å²) >= 11 is 0. The Morgan fingerprint density at radius 1 is 1.07 bits per heavy atom. The quantitative estimate of drug-likeness (QED) is 0.286. The average molecular weight is 569 g/mol. The van der Waals surface area contributed by atoms with Crippen molar-refractivity contribution in [1.29, 1.82) is 0 Å². The Morgan fingerprint density at radius 3 is 2.32 bits per heavy atom. The van der Waals surface area contributed by atoms with E-state index >= 15 is 0 Å². The van der Waals surface area contributed by atoms with Crippen molar-refractivity contribution < 1.29 is 34.2 Å². The van der Waals surface area contributed by atoms with Crippen LogP contribution >= 0.6 is 0 Å². The predicted molar refractivity (Wildman–Crippen MR) is 151 cm³/mol. The largest absolute Gasteiger partial charge is 0.505 e. The van der Waals surface area contributed by atoms with Crippen molar-refractivity contribution in [1.82, 2.24) is 4.90 Å². The van der Waals surface area contributed by atoms with E-state index in [0.717, 1.165) is 31.4 Å². The number of nitrogens with two attached hydrogens (primary N) is 1. The molecule has 0 aromatic heterocycles. The highest BCUT2D eigenvalue weighted by Crippen LogP contribution is 2.52. The molecule has 0 saturated heterocycles. The van der Waals surface area contributed by atoms with Crippen molar-refractivity contribution in [3.8, 4) is 5.75 Å². The van der Waals surface area contributed by atoms with Crippen LogP contribution in [0.25, 0.3) is 0 Å². The minimum Gasteiger partial charge on any atom is -0.505 e. The molecule has 2 unspecified atom stereocenters. The molecule has 11 nitrogen and oxygen atoms in total. The second kappa shape index (κ2) is 10.5. The van der Waals surface area contributed by atoms with Crippen molar-refractivity contribution in [3.05, 3.63) is 17.2 Å². The number of rotatable bonds is 6. The van der Waals surface area contributed by atoms with E-state index in [4.69, 9.17) is 5.73 Å². The van der Waals surface area contributed by atoms with E-state index in [9.17, 15) is 34.2 Å². The number of fused-ring (bicyclic) bond motifs is 3. The molecule has 41 heavy (non-hydrogen) atoms.